The van der Waals surface area contributed by atoms with E-state index in [-0.39, 0.29) is 11.7 Å². The van der Waals surface area contributed by atoms with Gasteiger partial charge in [-0.1, -0.05) is 23.8 Å². The van der Waals surface area contributed by atoms with E-state index in [2.05, 4.69) is 4.99 Å². The lowest BCUT2D eigenvalue weighted by Gasteiger charge is -2.27. The molecule has 0 bridgehead atoms. The quantitative estimate of drug-likeness (QED) is 0.727. The summed E-state index contributed by atoms with van der Waals surface area (Å²) in [5, 5.41) is 0. The molecule has 2 aromatic carbocycles. The Bertz CT molecular complexity index is 1050. The first-order valence-electron chi connectivity index (χ1n) is 8.53. The maximum atomic E-state index is 13.2. The van der Waals surface area contributed by atoms with E-state index in [1.807, 2.05) is 6.92 Å². The third-order valence-corrected chi connectivity index (χ3v) is 6.44. The number of aryl methyl sites for hydroxylation is 1. The van der Waals surface area contributed by atoms with Gasteiger partial charge >= 0.3 is 5.97 Å². The topological polar surface area (TPSA) is 94.5 Å². The van der Waals surface area contributed by atoms with Crippen molar-refractivity contribution in [1.29, 1.82) is 0 Å². The fourth-order valence-corrected chi connectivity index (χ4v) is 4.65. The molecule has 0 radical (unpaired) electrons. The number of methoxy groups -OCH3 is 1. The molecule has 8 nitrogen and oxygen atoms in total. The van der Waals surface area contributed by atoms with Crippen LogP contribution < -0.4 is 9.47 Å². The van der Waals surface area contributed by atoms with E-state index in [0.29, 0.717) is 17.1 Å². The van der Waals surface area contributed by atoms with Gasteiger partial charge in [-0.3, -0.25) is 4.99 Å². The summed E-state index contributed by atoms with van der Waals surface area (Å²) in [7, 11) is -2.70. The van der Waals surface area contributed by atoms with E-state index in [1.54, 1.807) is 30.3 Å². The lowest BCUT2D eigenvalue weighted by molar-refractivity contribution is -0.142. The average molecular weight is 402 g/mol. The fourth-order valence-electron chi connectivity index (χ4n) is 3.21. The van der Waals surface area contributed by atoms with Crippen LogP contribution in [0.4, 0.5) is 0 Å². The highest BCUT2D eigenvalue weighted by molar-refractivity contribution is 7.89. The maximum Gasteiger partial charge on any atom is 0.333 e. The van der Waals surface area contributed by atoms with Crippen molar-refractivity contribution in [2.75, 3.05) is 13.9 Å². The standard InChI is InChI=1S/C19H18N2O6S/c1-12-3-6-14(7-4-12)28(23,24)21-10-20-17(19(22)25-2)18(21)13-5-8-15-16(9-13)27-11-26-15/h3-10,17-18H,11H2,1-2H3/t17-,18+/m1/s1. The van der Waals surface area contributed by atoms with Crippen molar-refractivity contribution in [2.45, 2.75) is 23.9 Å². The van der Waals surface area contributed by atoms with Crippen LogP contribution in [0.1, 0.15) is 17.2 Å². The first-order valence-corrected chi connectivity index (χ1v) is 9.97. The van der Waals surface area contributed by atoms with Crippen LogP contribution in [0.5, 0.6) is 11.5 Å². The summed E-state index contributed by atoms with van der Waals surface area (Å²) >= 11 is 0. The first kappa shape index (κ1) is 18.3. The zero-order valence-electron chi connectivity index (χ0n) is 15.2. The lowest BCUT2D eigenvalue weighted by Crippen LogP contribution is -2.37. The Balaban J connectivity index is 1.78. The molecule has 2 heterocycles. The van der Waals surface area contributed by atoms with E-state index >= 15 is 0 Å². The zero-order valence-corrected chi connectivity index (χ0v) is 16.0. The summed E-state index contributed by atoms with van der Waals surface area (Å²) in [6.07, 6.45) is 1.17. The molecule has 28 heavy (non-hydrogen) atoms. The second kappa shape index (κ2) is 6.83. The summed E-state index contributed by atoms with van der Waals surface area (Å²) in [6.45, 7) is 1.96. The minimum absolute atomic E-state index is 0.0891. The summed E-state index contributed by atoms with van der Waals surface area (Å²) in [5.41, 5.74) is 1.49. The van der Waals surface area contributed by atoms with Crippen molar-refractivity contribution in [3.63, 3.8) is 0 Å². The molecule has 0 aromatic heterocycles. The largest absolute Gasteiger partial charge is 0.467 e. The molecule has 146 valence electrons. The number of rotatable bonds is 4. The second-order valence-electron chi connectivity index (χ2n) is 6.44. The van der Waals surface area contributed by atoms with Gasteiger partial charge in [-0.05, 0) is 36.8 Å². The summed E-state index contributed by atoms with van der Waals surface area (Å²) in [6, 6.07) is 9.61. The molecular weight excluding hydrogens is 384 g/mol. The van der Waals surface area contributed by atoms with E-state index in [9.17, 15) is 13.2 Å². The van der Waals surface area contributed by atoms with Crippen LogP contribution in [-0.2, 0) is 19.6 Å². The minimum Gasteiger partial charge on any atom is -0.467 e. The van der Waals surface area contributed by atoms with Gasteiger partial charge in [-0.2, -0.15) is 0 Å². The van der Waals surface area contributed by atoms with Crippen LogP contribution in [-0.4, -0.2) is 45.0 Å². The number of carbonyl (C=O) groups excluding carboxylic acids is 1. The Morgan fingerprint density at radius 2 is 1.86 bits per heavy atom. The number of nitrogens with zero attached hydrogens (tertiary/aromatic N) is 2. The molecule has 0 saturated carbocycles. The van der Waals surface area contributed by atoms with Gasteiger partial charge < -0.3 is 14.2 Å². The molecule has 0 aliphatic carbocycles. The highest BCUT2D eigenvalue weighted by Gasteiger charge is 2.44. The molecule has 0 unspecified atom stereocenters. The fraction of sp³-hybridized carbons (Fsp3) is 0.263. The number of hydrogen-bond acceptors (Lipinski definition) is 7. The van der Waals surface area contributed by atoms with Gasteiger partial charge in [0, 0.05) is 0 Å². The maximum absolute atomic E-state index is 13.2. The Morgan fingerprint density at radius 1 is 1.14 bits per heavy atom. The third-order valence-electron chi connectivity index (χ3n) is 4.69. The zero-order chi connectivity index (χ0) is 19.9. The molecule has 9 heteroatoms. The molecule has 2 aliphatic heterocycles. The highest BCUT2D eigenvalue weighted by Crippen LogP contribution is 2.40. The van der Waals surface area contributed by atoms with Crippen molar-refractivity contribution in [3.8, 4) is 11.5 Å². The van der Waals surface area contributed by atoms with Crippen LogP contribution >= 0.6 is 0 Å². The van der Waals surface area contributed by atoms with Crippen LogP contribution in [0.15, 0.2) is 52.4 Å². The van der Waals surface area contributed by atoms with Crippen molar-refractivity contribution < 1.29 is 27.4 Å². The molecule has 0 N–H and O–H groups in total. The molecule has 2 aliphatic rings. The predicted octanol–water partition coefficient (Wildman–Crippen LogP) is 2.04. The SMILES string of the molecule is COC(=O)[C@@H]1N=CN(S(=O)(=O)c2ccc(C)cc2)[C@H]1c1ccc2c(c1)OCO2. The number of esters is 1. The van der Waals surface area contributed by atoms with Gasteiger partial charge in [0.25, 0.3) is 10.0 Å². The van der Waals surface area contributed by atoms with Gasteiger partial charge in [0.2, 0.25) is 6.79 Å². The van der Waals surface area contributed by atoms with E-state index < -0.39 is 28.1 Å². The number of ether oxygens (including phenoxy) is 3. The summed E-state index contributed by atoms with van der Waals surface area (Å²) in [5.74, 6) is 0.423. The average Bonchev–Trinajstić information content (AvgIpc) is 3.34. The Hall–Kier alpha value is -3.07. The van der Waals surface area contributed by atoms with Gasteiger partial charge in [-0.25, -0.2) is 17.5 Å². The molecule has 0 saturated heterocycles. The molecule has 2 aromatic rings. The Kier molecular flexibility index (Phi) is 4.46. The number of benzene rings is 2. The number of aliphatic imine (C=N–C) groups is 1. The van der Waals surface area contributed by atoms with Gasteiger partial charge in [0.05, 0.1) is 12.0 Å². The third kappa shape index (κ3) is 2.97. The van der Waals surface area contributed by atoms with E-state index in [0.717, 1.165) is 9.87 Å². The van der Waals surface area contributed by atoms with Crippen molar-refractivity contribution in [2.24, 2.45) is 4.99 Å². The number of sulfonamides is 1. The predicted molar refractivity (Wildman–Crippen MR) is 99.8 cm³/mol. The van der Waals surface area contributed by atoms with Crippen molar-refractivity contribution in [1.82, 2.24) is 4.31 Å². The van der Waals surface area contributed by atoms with Crippen molar-refractivity contribution in [3.05, 3.63) is 53.6 Å². The monoisotopic (exact) mass is 402 g/mol. The number of carbonyl (C=O) groups is 1. The van der Waals surface area contributed by atoms with Gasteiger partial charge in [-0.15, -0.1) is 0 Å². The Labute approximate surface area is 162 Å². The van der Waals surface area contributed by atoms with Crippen molar-refractivity contribution >= 4 is 22.3 Å². The highest BCUT2D eigenvalue weighted by atomic mass is 32.2. The van der Waals surface area contributed by atoms with Crippen LogP contribution in [0.2, 0.25) is 0 Å². The molecular formula is C19H18N2O6S. The van der Waals surface area contributed by atoms with E-state index in [4.69, 9.17) is 14.2 Å². The molecule has 4 rings (SSSR count). The van der Waals surface area contributed by atoms with Crippen LogP contribution in [0, 0.1) is 6.92 Å². The van der Waals surface area contributed by atoms with Gasteiger partial charge in [0.1, 0.15) is 12.4 Å². The van der Waals surface area contributed by atoms with Crippen LogP contribution in [0.25, 0.3) is 0 Å². The number of hydrogen-bond donors (Lipinski definition) is 0. The summed E-state index contributed by atoms with van der Waals surface area (Å²) in [4.78, 5) is 16.5. The molecule has 2 atom stereocenters. The molecule has 0 amide bonds. The Morgan fingerprint density at radius 3 is 2.57 bits per heavy atom. The van der Waals surface area contributed by atoms with Crippen LogP contribution in [0.3, 0.4) is 0 Å². The normalized spacial score (nSPS) is 20.4. The van der Waals surface area contributed by atoms with Gasteiger partial charge in [0.15, 0.2) is 17.5 Å². The molecule has 0 spiro atoms. The second-order valence-corrected chi connectivity index (χ2v) is 8.28. The smallest absolute Gasteiger partial charge is 0.333 e. The number of fused-ring (bicyclic) bond motifs is 1. The minimum atomic E-state index is -3.94. The molecule has 0 fully saturated rings. The van der Waals surface area contributed by atoms with E-state index in [1.165, 1.54) is 25.6 Å². The lowest BCUT2D eigenvalue weighted by atomic mass is 10.0. The summed E-state index contributed by atoms with van der Waals surface area (Å²) < 4.78 is 43.1. The first-order chi connectivity index (χ1) is 13.4.